The van der Waals surface area contributed by atoms with Crippen molar-refractivity contribution < 1.29 is 19.1 Å². The summed E-state index contributed by atoms with van der Waals surface area (Å²) in [5.74, 6) is 1.23. The molecule has 1 aliphatic rings. The lowest BCUT2D eigenvalue weighted by atomic mass is 10.1. The van der Waals surface area contributed by atoms with Crippen molar-refractivity contribution in [2.24, 2.45) is 0 Å². The predicted octanol–water partition coefficient (Wildman–Crippen LogP) is 2.28. The normalized spacial score (nSPS) is 13.1. The van der Waals surface area contributed by atoms with Crippen molar-refractivity contribution in [2.45, 2.75) is 19.4 Å². The van der Waals surface area contributed by atoms with E-state index in [-0.39, 0.29) is 18.2 Å². The molecule has 2 aromatic carbocycles. The van der Waals surface area contributed by atoms with Gasteiger partial charge in [-0.1, -0.05) is 18.2 Å². The molecule has 2 aromatic rings. The number of hydrogen-bond acceptors (Lipinski definition) is 4. The van der Waals surface area contributed by atoms with Crippen LogP contribution in [0.2, 0.25) is 0 Å². The number of anilines is 1. The zero-order valence-electron chi connectivity index (χ0n) is 14.0. The molecule has 2 N–H and O–H groups in total. The van der Waals surface area contributed by atoms with Gasteiger partial charge in [0.2, 0.25) is 11.8 Å². The minimum absolute atomic E-state index is 0.0713. The molecule has 1 heterocycles. The molecule has 0 unspecified atom stereocenters. The highest BCUT2D eigenvalue weighted by molar-refractivity contribution is 5.93. The number of nitrogens with one attached hydrogen (secondary N) is 2. The smallest absolute Gasteiger partial charge is 0.227 e. The molecule has 0 saturated heterocycles. The summed E-state index contributed by atoms with van der Waals surface area (Å²) in [6, 6.07) is 12.9. The number of rotatable bonds is 5. The van der Waals surface area contributed by atoms with Gasteiger partial charge in [0.1, 0.15) is 11.5 Å². The monoisotopic (exact) mass is 340 g/mol. The third-order valence-corrected chi connectivity index (χ3v) is 3.89. The van der Waals surface area contributed by atoms with E-state index < -0.39 is 0 Å². The summed E-state index contributed by atoms with van der Waals surface area (Å²) in [4.78, 5) is 23.7. The largest absolute Gasteiger partial charge is 0.497 e. The van der Waals surface area contributed by atoms with Crippen LogP contribution in [-0.2, 0) is 22.6 Å². The second-order valence-corrected chi connectivity index (χ2v) is 5.78. The van der Waals surface area contributed by atoms with Gasteiger partial charge in [0.05, 0.1) is 32.2 Å². The lowest BCUT2D eigenvalue weighted by Crippen LogP contribution is -2.24. The highest BCUT2D eigenvalue weighted by atomic mass is 16.5. The van der Waals surface area contributed by atoms with E-state index in [1.807, 2.05) is 42.5 Å². The van der Waals surface area contributed by atoms with Gasteiger partial charge in [0, 0.05) is 6.54 Å². The summed E-state index contributed by atoms with van der Waals surface area (Å²) in [6.07, 6.45) is 0.614. The molecule has 0 spiro atoms. The molecule has 6 heteroatoms. The molecule has 6 nitrogen and oxygen atoms in total. The summed E-state index contributed by atoms with van der Waals surface area (Å²) < 4.78 is 10.7. The Morgan fingerprint density at radius 1 is 1.24 bits per heavy atom. The highest BCUT2D eigenvalue weighted by Gasteiger charge is 2.14. The van der Waals surface area contributed by atoms with Gasteiger partial charge in [-0.3, -0.25) is 9.59 Å². The molecule has 0 aromatic heterocycles. The molecule has 1 aliphatic heterocycles. The van der Waals surface area contributed by atoms with Gasteiger partial charge >= 0.3 is 0 Å². The standard InChI is InChI=1S/C19H20N2O4/c1-24-15-4-2-3-13(9-15)11-19(23)20-12-14-5-6-17-16(10-14)21-18(22)7-8-25-17/h2-6,9-10H,7-8,11-12H2,1H3,(H,20,23)(H,21,22). The fourth-order valence-electron chi connectivity index (χ4n) is 2.61. The van der Waals surface area contributed by atoms with E-state index in [0.717, 1.165) is 16.9 Å². The summed E-state index contributed by atoms with van der Waals surface area (Å²) in [5, 5.41) is 5.70. The van der Waals surface area contributed by atoms with Gasteiger partial charge < -0.3 is 20.1 Å². The molecule has 0 saturated carbocycles. The van der Waals surface area contributed by atoms with Crippen LogP contribution in [0.5, 0.6) is 11.5 Å². The van der Waals surface area contributed by atoms with Crippen LogP contribution in [0.1, 0.15) is 17.5 Å². The first-order valence-corrected chi connectivity index (χ1v) is 8.09. The van der Waals surface area contributed by atoms with Crippen molar-refractivity contribution in [3.05, 3.63) is 53.6 Å². The van der Waals surface area contributed by atoms with Crippen molar-refractivity contribution in [2.75, 3.05) is 19.0 Å². The van der Waals surface area contributed by atoms with E-state index in [1.54, 1.807) is 7.11 Å². The molecule has 130 valence electrons. The number of fused-ring (bicyclic) bond motifs is 1. The molecule has 0 aliphatic carbocycles. The number of benzene rings is 2. The minimum Gasteiger partial charge on any atom is -0.497 e. The minimum atomic E-state index is -0.0801. The first kappa shape index (κ1) is 16.8. The summed E-state index contributed by atoms with van der Waals surface area (Å²) in [7, 11) is 1.60. The first-order chi connectivity index (χ1) is 12.1. The second-order valence-electron chi connectivity index (χ2n) is 5.78. The lowest BCUT2D eigenvalue weighted by molar-refractivity contribution is -0.120. The molecule has 0 radical (unpaired) electrons. The number of ether oxygens (including phenoxy) is 2. The maximum Gasteiger partial charge on any atom is 0.227 e. The average molecular weight is 340 g/mol. The number of methoxy groups -OCH3 is 1. The number of carbonyl (C=O) groups is 2. The SMILES string of the molecule is COc1cccc(CC(=O)NCc2ccc3c(c2)NC(=O)CCO3)c1. The van der Waals surface area contributed by atoms with E-state index in [4.69, 9.17) is 9.47 Å². The Hall–Kier alpha value is -3.02. The Bertz CT molecular complexity index is 789. The fourth-order valence-corrected chi connectivity index (χ4v) is 2.61. The van der Waals surface area contributed by atoms with Crippen LogP contribution >= 0.6 is 0 Å². The first-order valence-electron chi connectivity index (χ1n) is 8.09. The van der Waals surface area contributed by atoms with Crippen LogP contribution in [0, 0.1) is 0 Å². The molecule has 3 rings (SSSR count). The van der Waals surface area contributed by atoms with Gasteiger partial charge in [-0.25, -0.2) is 0 Å². The van der Waals surface area contributed by atoms with E-state index in [9.17, 15) is 9.59 Å². The third-order valence-electron chi connectivity index (χ3n) is 3.89. The Balaban J connectivity index is 1.59. The molecular formula is C19H20N2O4. The summed E-state index contributed by atoms with van der Waals surface area (Å²) >= 11 is 0. The second kappa shape index (κ2) is 7.70. The van der Waals surface area contributed by atoms with Crippen molar-refractivity contribution in [1.29, 1.82) is 0 Å². The fraction of sp³-hybridized carbons (Fsp3) is 0.263. The van der Waals surface area contributed by atoms with Crippen LogP contribution in [0.3, 0.4) is 0 Å². The van der Waals surface area contributed by atoms with Crippen LogP contribution in [-0.4, -0.2) is 25.5 Å². The van der Waals surface area contributed by atoms with E-state index in [0.29, 0.717) is 31.0 Å². The van der Waals surface area contributed by atoms with Gasteiger partial charge in [0.15, 0.2) is 0 Å². The molecule has 0 atom stereocenters. The van der Waals surface area contributed by atoms with Gasteiger partial charge in [-0.05, 0) is 35.4 Å². The Morgan fingerprint density at radius 2 is 2.12 bits per heavy atom. The third kappa shape index (κ3) is 4.50. The quantitative estimate of drug-likeness (QED) is 0.875. The van der Waals surface area contributed by atoms with Crippen LogP contribution in [0.25, 0.3) is 0 Å². The maximum absolute atomic E-state index is 12.1. The molecular weight excluding hydrogens is 320 g/mol. The predicted molar refractivity (Wildman–Crippen MR) is 93.7 cm³/mol. The van der Waals surface area contributed by atoms with Gasteiger partial charge in [-0.2, -0.15) is 0 Å². The average Bonchev–Trinajstić information content (AvgIpc) is 2.80. The Labute approximate surface area is 146 Å². The van der Waals surface area contributed by atoms with Crippen molar-refractivity contribution >= 4 is 17.5 Å². The van der Waals surface area contributed by atoms with Crippen molar-refractivity contribution in [3.63, 3.8) is 0 Å². The Morgan fingerprint density at radius 3 is 2.96 bits per heavy atom. The molecule has 0 bridgehead atoms. The van der Waals surface area contributed by atoms with Gasteiger partial charge in [-0.15, -0.1) is 0 Å². The van der Waals surface area contributed by atoms with Crippen molar-refractivity contribution in [3.8, 4) is 11.5 Å². The Kier molecular flexibility index (Phi) is 5.18. The topological polar surface area (TPSA) is 76.7 Å². The van der Waals surface area contributed by atoms with Crippen LogP contribution in [0.4, 0.5) is 5.69 Å². The lowest BCUT2D eigenvalue weighted by Gasteiger charge is -2.10. The summed E-state index contributed by atoms with van der Waals surface area (Å²) in [5.41, 5.74) is 2.42. The number of hydrogen-bond donors (Lipinski definition) is 2. The maximum atomic E-state index is 12.1. The zero-order valence-corrected chi connectivity index (χ0v) is 14.0. The molecule has 25 heavy (non-hydrogen) atoms. The van der Waals surface area contributed by atoms with Crippen LogP contribution < -0.4 is 20.1 Å². The van der Waals surface area contributed by atoms with Crippen molar-refractivity contribution in [1.82, 2.24) is 5.32 Å². The van der Waals surface area contributed by atoms with E-state index in [2.05, 4.69) is 10.6 Å². The summed E-state index contributed by atoms with van der Waals surface area (Å²) in [6.45, 7) is 0.751. The highest BCUT2D eigenvalue weighted by Crippen LogP contribution is 2.28. The van der Waals surface area contributed by atoms with Gasteiger partial charge in [0.25, 0.3) is 0 Å². The molecule has 0 fully saturated rings. The van der Waals surface area contributed by atoms with E-state index >= 15 is 0 Å². The van der Waals surface area contributed by atoms with E-state index in [1.165, 1.54) is 0 Å². The number of carbonyl (C=O) groups excluding carboxylic acids is 2. The molecule has 2 amide bonds. The van der Waals surface area contributed by atoms with Crippen LogP contribution in [0.15, 0.2) is 42.5 Å². The number of amides is 2. The zero-order chi connectivity index (χ0) is 17.6.